The monoisotopic (exact) mass is 340 g/mol. The summed E-state index contributed by atoms with van der Waals surface area (Å²) in [5, 5.41) is 0. The minimum Gasteiger partial charge on any atom is -0.493 e. The van der Waals surface area contributed by atoms with E-state index in [2.05, 4.69) is 4.72 Å². The standard InChI is InChI=1S/C17H28N2O3S/c1-14(18)11-12-19-23(20,21)17-9-7-16(8-10-17)22-13-15-5-3-2-4-6-15/h7-10,14-15,19H,2-6,11-13,18H2,1H3. The van der Waals surface area contributed by atoms with Gasteiger partial charge in [-0.2, -0.15) is 0 Å². The Kier molecular flexibility index (Phi) is 6.87. The summed E-state index contributed by atoms with van der Waals surface area (Å²) in [7, 11) is -3.47. The van der Waals surface area contributed by atoms with Gasteiger partial charge in [0.15, 0.2) is 0 Å². The Morgan fingerprint density at radius 2 is 1.87 bits per heavy atom. The van der Waals surface area contributed by atoms with Crippen LogP contribution >= 0.6 is 0 Å². The molecule has 6 heteroatoms. The van der Waals surface area contributed by atoms with Gasteiger partial charge in [-0.05, 0) is 56.4 Å². The van der Waals surface area contributed by atoms with Gasteiger partial charge in [-0.1, -0.05) is 19.3 Å². The van der Waals surface area contributed by atoms with E-state index in [1.165, 1.54) is 32.1 Å². The summed E-state index contributed by atoms with van der Waals surface area (Å²) < 4.78 is 32.6. The van der Waals surface area contributed by atoms with Crippen LogP contribution in [0, 0.1) is 5.92 Å². The van der Waals surface area contributed by atoms with Crippen molar-refractivity contribution in [1.29, 1.82) is 0 Å². The predicted molar refractivity (Wildman–Crippen MR) is 92.0 cm³/mol. The average molecular weight is 340 g/mol. The molecule has 1 atom stereocenters. The normalized spacial score (nSPS) is 17.8. The van der Waals surface area contributed by atoms with Crippen LogP contribution in [0.2, 0.25) is 0 Å². The third kappa shape index (κ3) is 6.12. The molecule has 2 rings (SSSR count). The number of sulfonamides is 1. The van der Waals surface area contributed by atoms with Crippen LogP contribution in [0.25, 0.3) is 0 Å². The van der Waals surface area contributed by atoms with Gasteiger partial charge in [-0.3, -0.25) is 0 Å². The first-order valence-electron chi connectivity index (χ1n) is 8.45. The van der Waals surface area contributed by atoms with Gasteiger partial charge in [-0.25, -0.2) is 13.1 Å². The van der Waals surface area contributed by atoms with Crippen LogP contribution in [0.3, 0.4) is 0 Å². The minimum atomic E-state index is -3.47. The van der Waals surface area contributed by atoms with Crippen molar-refractivity contribution in [2.45, 2.75) is 56.4 Å². The lowest BCUT2D eigenvalue weighted by Gasteiger charge is -2.21. The van der Waals surface area contributed by atoms with Crippen LogP contribution < -0.4 is 15.2 Å². The average Bonchev–Trinajstić information content (AvgIpc) is 2.54. The molecule has 1 aliphatic rings. The number of nitrogens with one attached hydrogen (secondary N) is 1. The van der Waals surface area contributed by atoms with Crippen molar-refractivity contribution in [3.8, 4) is 5.75 Å². The summed E-state index contributed by atoms with van der Waals surface area (Å²) in [6.45, 7) is 2.92. The molecular formula is C17H28N2O3S. The molecule has 0 spiro atoms. The molecule has 0 aliphatic heterocycles. The van der Waals surface area contributed by atoms with Crippen LogP contribution in [0.1, 0.15) is 45.4 Å². The second-order valence-electron chi connectivity index (χ2n) is 6.45. The Labute approximate surface area is 139 Å². The summed E-state index contributed by atoms with van der Waals surface area (Å²) in [4.78, 5) is 0.257. The first kappa shape index (κ1) is 18.2. The van der Waals surface area contributed by atoms with Crippen molar-refractivity contribution in [2.24, 2.45) is 11.7 Å². The minimum absolute atomic E-state index is 0.0201. The summed E-state index contributed by atoms with van der Waals surface area (Å²) in [5.41, 5.74) is 5.62. The molecule has 1 aliphatic carbocycles. The molecule has 1 saturated carbocycles. The van der Waals surface area contributed by atoms with Crippen molar-refractivity contribution in [3.05, 3.63) is 24.3 Å². The van der Waals surface area contributed by atoms with Crippen molar-refractivity contribution >= 4 is 10.0 Å². The Hall–Kier alpha value is -1.11. The van der Waals surface area contributed by atoms with Crippen LogP contribution in [0.5, 0.6) is 5.75 Å². The van der Waals surface area contributed by atoms with E-state index in [1.54, 1.807) is 24.3 Å². The van der Waals surface area contributed by atoms with E-state index in [9.17, 15) is 8.42 Å². The lowest BCUT2D eigenvalue weighted by atomic mass is 9.90. The molecule has 0 radical (unpaired) electrons. The molecule has 0 amide bonds. The van der Waals surface area contributed by atoms with Gasteiger partial charge in [0.2, 0.25) is 10.0 Å². The first-order chi connectivity index (χ1) is 11.0. The predicted octanol–water partition coefficient (Wildman–Crippen LogP) is 2.66. The van der Waals surface area contributed by atoms with Gasteiger partial charge in [0.1, 0.15) is 5.75 Å². The maximum absolute atomic E-state index is 12.1. The molecule has 0 aromatic heterocycles. The Balaban J connectivity index is 1.85. The number of benzene rings is 1. The van der Waals surface area contributed by atoms with Gasteiger partial charge >= 0.3 is 0 Å². The number of ether oxygens (including phenoxy) is 1. The summed E-state index contributed by atoms with van der Waals surface area (Å²) in [5.74, 6) is 1.36. The molecule has 0 saturated heterocycles. The second-order valence-corrected chi connectivity index (χ2v) is 8.22. The fourth-order valence-electron chi connectivity index (χ4n) is 2.79. The van der Waals surface area contributed by atoms with E-state index >= 15 is 0 Å². The van der Waals surface area contributed by atoms with Crippen molar-refractivity contribution in [2.75, 3.05) is 13.2 Å². The van der Waals surface area contributed by atoms with Crippen molar-refractivity contribution in [3.63, 3.8) is 0 Å². The van der Waals surface area contributed by atoms with Crippen LogP contribution in [-0.4, -0.2) is 27.6 Å². The highest BCUT2D eigenvalue weighted by atomic mass is 32.2. The van der Waals surface area contributed by atoms with Gasteiger partial charge in [0.25, 0.3) is 0 Å². The third-order valence-corrected chi connectivity index (χ3v) is 5.71. The molecule has 23 heavy (non-hydrogen) atoms. The van der Waals surface area contributed by atoms with Gasteiger partial charge in [0, 0.05) is 12.6 Å². The molecule has 0 bridgehead atoms. The van der Waals surface area contributed by atoms with E-state index in [0.717, 1.165) is 12.4 Å². The second kappa shape index (κ2) is 8.66. The highest BCUT2D eigenvalue weighted by Crippen LogP contribution is 2.25. The van der Waals surface area contributed by atoms with Gasteiger partial charge in [0.05, 0.1) is 11.5 Å². The van der Waals surface area contributed by atoms with Crippen molar-refractivity contribution in [1.82, 2.24) is 4.72 Å². The van der Waals surface area contributed by atoms with E-state index < -0.39 is 10.0 Å². The van der Waals surface area contributed by atoms with E-state index in [0.29, 0.717) is 18.9 Å². The maximum Gasteiger partial charge on any atom is 0.240 e. The maximum atomic E-state index is 12.1. The Bertz CT molecular complexity index is 564. The summed E-state index contributed by atoms with van der Waals surface area (Å²) in [6.07, 6.45) is 6.99. The van der Waals surface area contributed by atoms with E-state index in [1.807, 2.05) is 6.92 Å². The molecule has 1 unspecified atom stereocenters. The highest BCUT2D eigenvalue weighted by molar-refractivity contribution is 7.89. The molecule has 130 valence electrons. The van der Waals surface area contributed by atoms with Crippen molar-refractivity contribution < 1.29 is 13.2 Å². The van der Waals surface area contributed by atoms with Crippen LogP contribution in [-0.2, 0) is 10.0 Å². The largest absolute Gasteiger partial charge is 0.493 e. The van der Waals surface area contributed by atoms with E-state index in [-0.39, 0.29) is 10.9 Å². The topological polar surface area (TPSA) is 81.4 Å². The van der Waals surface area contributed by atoms with Gasteiger partial charge in [-0.15, -0.1) is 0 Å². The SMILES string of the molecule is CC(N)CCNS(=O)(=O)c1ccc(OCC2CCCCC2)cc1. The number of hydrogen-bond acceptors (Lipinski definition) is 4. The summed E-state index contributed by atoms with van der Waals surface area (Å²) in [6, 6.07) is 6.61. The molecule has 1 aromatic rings. The van der Waals surface area contributed by atoms with Crippen LogP contribution in [0.4, 0.5) is 0 Å². The first-order valence-corrected chi connectivity index (χ1v) is 9.94. The number of rotatable bonds is 8. The summed E-state index contributed by atoms with van der Waals surface area (Å²) >= 11 is 0. The number of nitrogens with two attached hydrogens (primary N) is 1. The third-order valence-electron chi connectivity index (χ3n) is 4.24. The molecule has 3 N–H and O–H groups in total. The quantitative estimate of drug-likeness (QED) is 0.762. The molecule has 1 aromatic carbocycles. The number of hydrogen-bond donors (Lipinski definition) is 2. The molecular weight excluding hydrogens is 312 g/mol. The zero-order chi connectivity index (χ0) is 16.7. The fourth-order valence-corrected chi connectivity index (χ4v) is 3.83. The lowest BCUT2D eigenvalue weighted by molar-refractivity contribution is 0.209. The van der Waals surface area contributed by atoms with Gasteiger partial charge < -0.3 is 10.5 Å². The highest BCUT2D eigenvalue weighted by Gasteiger charge is 2.15. The lowest BCUT2D eigenvalue weighted by Crippen LogP contribution is -2.29. The zero-order valence-corrected chi connectivity index (χ0v) is 14.6. The van der Waals surface area contributed by atoms with E-state index in [4.69, 9.17) is 10.5 Å². The zero-order valence-electron chi connectivity index (χ0n) is 13.8. The smallest absolute Gasteiger partial charge is 0.240 e. The Morgan fingerprint density at radius 1 is 1.22 bits per heavy atom. The molecule has 0 heterocycles. The van der Waals surface area contributed by atoms with Crippen LogP contribution in [0.15, 0.2) is 29.2 Å². The molecule has 5 nitrogen and oxygen atoms in total. The molecule has 1 fully saturated rings. The fraction of sp³-hybridized carbons (Fsp3) is 0.647. The Morgan fingerprint density at radius 3 is 2.48 bits per heavy atom.